The molecule has 25 heavy (non-hydrogen) atoms. The fraction of sp³-hybridized carbons (Fsp3) is 0.632. The van der Waals surface area contributed by atoms with Crippen LogP contribution in [0.1, 0.15) is 62.2 Å². The van der Waals surface area contributed by atoms with Crippen LogP contribution in [-0.2, 0) is 17.6 Å². The summed E-state index contributed by atoms with van der Waals surface area (Å²) in [5.41, 5.74) is 2.26. The third-order valence-electron chi connectivity index (χ3n) is 5.77. The molecule has 1 aliphatic carbocycles. The SMILES string of the molecule is CCc1nccn1C1CCCN(C(=O)C2CC(C)Cc3cn[nH]c32)C1. The van der Waals surface area contributed by atoms with E-state index in [0.29, 0.717) is 12.0 Å². The molecular weight excluding hydrogens is 314 g/mol. The molecule has 1 aliphatic heterocycles. The second kappa shape index (κ2) is 6.65. The highest BCUT2D eigenvalue weighted by atomic mass is 16.2. The molecule has 1 N–H and O–H groups in total. The Hall–Kier alpha value is -2.11. The molecule has 4 rings (SSSR count). The number of amides is 1. The van der Waals surface area contributed by atoms with Gasteiger partial charge < -0.3 is 9.47 Å². The maximum atomic E-state index is 13.3. The predicted molar refractivity (Wildman–Crippen MR) is 95.3 cm³/mol. The topological polar surface area (TPSA) is 66.8 Å². The van der Waals surface area contributed by atoms with Crippen LogP contribution in [0.25, 0.3) is 0 Å². The molecule has 0 saturated carbocycles. The van der Waals surface area contributed by atoms with E-state index >= 15 is 0 Å². The Morgan fingerprint density at radius 2 is 2.32 bits per heavy atom. The molecule has 134 valence electrons. The number of carbonyl (C=O) groups excluding carboxylic acids is 1. The molecule has 1 saturated heterocycles. The minimum absolute atomic E-state index is 0.0616. The summed E-state index contributed by atoms with van der Waals surface area (Å²) in [6.07, 6.45) is 10.9. The van der Waals surface area contributed by atoms with Crippen LogP contribution in [0, 0.1) is 5.92 Å². The van der Waals surface area contributed by atoms with Crippen molar-refractivity contribution in [3.8, 4) is 0 Å². The van der Waals surface area contributed by atoms with Crippen molar-refractivity contribution in [3.63, 3.8) is 0 Å². The Morgan fingerprint density at radius 3 is 3.16 bits per heavy atom. The first-order valence-corrected chi connectivity index (χ1v) is 9.50. The van der Waals surface area contributed by atoms with E-state index in [0.717, 1.165) is 56.7 Å². The third-order valence-corrected chi connectivity index (χ3v) is 5.77. The molecule has 0 aromatic carbocycles. The second-order valence-electron chi connectivity index (χ2n) is 7.59. The van der Waals surface area contributed by atoms with Crippen molar-refractivity contribution in [3.05, 3.63) is 35.7 Å². The fourth-order valence-corrected chi connectivity index (χ4v) is 4.54. The number of nitrogens with one attached hydrogen (secondary N) is 1. The largest absolute Gasteiger partial charge is 0.340 e. The Balaban J connectivity index is 1.53. The zero-order valence-electron chi connectivity index (χ0n) is 15.1. The molecule has 2 aromatic heterocycles. The van der Waals surface area contributed by atoms with Gasteiger partial charge in [0, 0.05) is 31.9 Å². The molecule has 1 amide bonds. The van der Waals surface area contributed by atoms with Gasteiger partial charge in [0.15, 0.2) is 0 Å². The molecule has 0 spiro atoms. The second-order valence-corrected chi connectivity index (χ2v) is 7.59. The molecule has 3 heterocycles. The van der Waals surface area contributed by atoms with E-state index in [4.69, 9.17) is 0 Å². The van der Waals surface area contributed by atoms with E-state index in [2.05, 4.69) is 44.7 Å². The number of imidazole rings is 1. The summed E-state index contributed by atoms with van der Waals surface area (Å²) in [4.78, 5) is 19.8. The van der Waals surface area contributed by atoms with Gasteiger partial charge in [-0.25, -0.2) is 4.98 Å². The smallest absolute Gasteiger partial charge is 0.231 e. The number of aromatic nitrogens is 4. The zero-order chi connectivity index (χ0) is 17.4. The predicted octanol–water partition coefficient (Wildman–Crippen LogP) is 2.70. The number of fused-ring (bicyclic) bond motifs is 1. The molecule has 1 fully saturated rings. The number of aromatic amines is 1. The minimum Gasteiger partial charge on any atom is -0.340 e. The molecular formula is C19H27N5O. The summed E-state index contributed by atoms with van der Waals surface area (Å²) >= 11 is 0. The molecule has 0 bridgehead atoms. The van der Waals surface area contributed by atoms with E-state index < -0.39 is 0 Å². The Kier molecular flexibility index (Phi) is 4.36. The lowest BCUT2D eigenvalue weighted by Crippen LogP contribution is -2.44. The van der Waals surface area contributed by atoms with Crippen LogP contribution < -0.4 is 0 Å². The van der Waals surface area contributed by atoms with E-state index in [9.17, 15) is 4.79 Å². The number of likely N-dealkylation sites (tertiary alicyclic amines) is 1. The van der Waals surface area contributed by atoms with Gasteiger partial charge in [-0.05, 0) is 37.2 Å². The van der Waals surface area contributed by atoms with Crippen molar-refractivity contribution in [2.75, 3.05) is 13.1 Å². The molecule has 6 heteroatoms. The fourth-order valence-electron chi connectivity index (χ4n) is 4.54. The third kappa shape index (κ3) is 2.98. The number of nitrogens with zero attached hydrogens (tertiary/aromatic N) is 4. The van der Waals surface area contributed by atoms with Crippen molar-refractivity contribution in [2.24, 2.45) is 5.92 Å². The van der Waals surface area contributed by atoms with Gasteiger partial charge in [0.1, 0.15) is 5.82 Å². The van der Waals surface area contributed by atoms with Crippen molar-refractivity contribution in [1.82, 2.24) is 24.6 Å². The summed E-state index contributed by atoms with van der Waals surface area (Å²) in [5.74, 6) is 1.84. The summed E-state index contributed by atoms with van der Waals surface area (Å²) in [7, 11) is 0. The number of carbonyl (C=O) groups is 1. The number of hydrogen-bond donors (Lipinski definition) is 1. The summed E-state index contributed by atoms with van der Waals surface area (Å²) in [6, 6.07) is 0.345. The van der Waals surface area contributed by atoms with Crippen LogP contribution in [0.5, 0.6) is 0 Å². The van der Waals surface area contributed by atoms with Gasteiger partial charge in [-0.1, -0.05) is 13.8 Å². The van der Waals surface area contributed by atoms with Crippen molar-refractivity contribution >= 4 is 5.91 Å². The van der Waals surface area contributed by atoms with Gasteiger partial charge >= 0.3 is 0 Å². The van der Waals surface area contributed by atoms with Crippen LogP contribution in [0.2, 0.25) is 0 Å². The molecule has 0 radical (unpaired) electrons. The van der Waals surface area contributed by atoms with Crippen LogP contribution in [0.4, 0.5) is 0 Å². The van der Waals surface area contributed by atoms with Crippen LogP contribution in [-0.4, -0.2) is 43.6 Å². The maximum Gasteiger partial charge on any atom is 0.231 e. The number of aryl methyl sites for hydroxylation is 1. The van der Waals surface area contributed by atoms with Crippen molar-refractivity contribution < 1.29 is 4.79 Å². The lowest BCUT2D eigenvalue weighted by atomic mass is 9.80. The van der Waals surface area contributed by atoms with E-state index in [1.54, 1.807) is 0 Å². The first-order valence-electron chi connectivity index (χ1n) is 9.50. The van der Waals surface area contributed by atoms with Crippen LogP contribution >= 0.6 is 0 Å². The van der Waals surface area contributed by atoms with Gasteiger partial charge in [-0.2, -0.15) is 5.10 Å². The van der Waals surface area contributed by atoms with Crippen LogP contribution in [0.3, 0.4) is 0 Å². The van der Waals surface area contributed by atoms with Gasteiger partial charge in [0.05, 0.1) is 23.9 Å². The summed E-state index contributed by atoms with van der Waals surface area (Å²) in [5, 5.41) is 7.28. The Bertz CT molecular complexity index is 749. The molecule has 2 aliphatic rings. The lowest BCUT2D eigenvalue weighted by Gasteiger charge is -2.37. The van der Waals surface area contributed by atoms with E-state index in [-0.39, 0.29) is 11.8 Å². The standard InChI is InChI=1S/C19H27N5O/c1-3-17-20-6-8-24(17)15-5-4-7-23(12-15)19(25)16-10-13(2)9-14-11-21-22-18(14)16/h6,8,11,13,15-16H,3-5,7,9-10,12H2,1-2H3,(H,21,22). The first kappa shape index (κ1) is 16.4. The van der Waals surface area contributed by atoms with E-state index in [1.165, 1.54) is 5.56 Å². The monoisotopic (exact) mass is 341 g/mol. The highest BCUT2D eigenvalue weighted by molar-refractivity contribution is 5.84. The maximum absolute atomic E-state index is 13.3. The quantitative estimate of drug-likeness (QED) is 0.933. The van der Waals surface area contributed by atoms with Gasteiger partial charge in [-0.15, -0.1) is 0 Å². The van der Waals surface area contributed by atoms with Crippen molar-refractivity contribution in [2.45, 2.75) is 57.9 Å². The van der Waals surface area contributed by atoms with Gasteiger partial charge in [-0.3, -0.25) is 9.89 Å². The minimum atomic E-state index is -0.0616. The normalized spacial score (nSPS) is 26.5. The summed E-state index contributed by atoms with van der Waals surface area (Å²) < 4.78 is 2.27. The Labute approximate surface area is 148 Å². The number of rotatable bonds is 3. The lowest BCUT2D eigenvalue weighted by molar-refractivity contribution is -0.135. The number of hydrogen-bond acceptors (Lipinski definition) is 3. The highest BCUT2D eigenvalue weighted by Gasteiger charge is 2.36. The van der Waals surface area contributed by atoms with Gasteiger partial charge in [0.2, 0.25) is 5.91 Å². The molecule has 2 aromatic rings. The van der Waals surface area contributed by atoms with Crippen LogP contribution in [0.15, 0.2) is 18.6 Å². The average molecular weight is 341 g/mol. The Morgan fingerprint density at radius 1 is 1.44 bits per heavy atom. The van der Waals surface area contributed by atoms with Gasteiger partial charge in [0.25, 0.3) is 0 Å². The summed E-state index contributed by atoms with van der Waals surface area (Å²) in [6.45, 7) is 6.01. The van der Waals surface area contributed by atoms with Crippen molar-refractivity contribution in [1.29, 1.82) is 0 Å². The zero-order valence-corrected chi connectivity index (χ0v) is 15.1. The first-order chi connectivity index (χ1) is 12.2. The molecule has 3 atom stereocenters. The highest BCUT2D eigenvalue weighted by Crippen LogP contribution is 2.36. The molecule has 3 unspecified atom stereocenters. The molecule has 6 nitrogen and oxygen atoms in total. The van der Waals surface area contributed by atoms with E-state index in [1.807, 2.05) is 12.4 Å². The number of piperidine rings is 1. The average Bonchev–Trinajstić information content (AvgIpc) is 3.29. The number of H-pyrrole nitrogens is 1.